The minimum atomic E-state index is -0.0853. The van der Waals surface area contributed by atoms with Crippen LogP contribution >= 0.6 is 0 Å². The number of piperidine rings is 1. The molecule has 2 aromatic carbocycles. The number of fused-ring (bicyclic) bond motifs is 3. The van der Waals surface area contributed by atoms with Gasteiger partial charge in [0.2, 0.25) is 0 Å². The van der Waals surface area contributed by atoms with Crippen molar-refractivity contribution in [3.05, 3.63) is 78.1 Å². The van der Waals surface area contributed by atoms with Gasteiger partial charge in [0.05, 0.1) is 42.2 Å². The van der Waals surface area contributed by atoms with E-state index in [-0.39, 0.29) is 18.1 Å². The summed E-state index contributed by atoms with van der Waals surface area (Å²) in [5.41, 5.74) is 4.29. The van der Waals surface area contributed by atoms with Crippen LogP contribution in [-0.2, 0) is 4.74 Å². The van der Waals surface area contributed by atoms with Crippen LogP contribution in [0.15, 0.2) is 66.9 Å². The number of hydrogen-bond donors (Lipinski definition) is 2. The molecule has 2 aromatic heterocycles. The second kappa shape index (κ2) is 11.4. The monoisotopic (exact) mass is 577 g/mol. The third-order valence-corrected chi connectivity index (χ3v) is 10.2. The average Bonchev–Trinajstić information content (AvgIpc) is 3.75. The molecule has 4 fully saturated rings. The molecule has 2 N–H and O–H groups in total. The fourth-order valence-corrected chi connectivity index (χ4v) is 8.02. The number of nitrogens with zero attached hydrogens (tertiary/aromatic N) is 3. The van der Waals surface area contributed by atoms with Crippen LogP contribution in [0.25, 0.3) is 22.2 Å². The molecule has 4 aromatic rings. The van der Waals surface area contributed by atoms with Gasteiger partial charge in [0.25, 0.3) is 5.91 Å². The Bertz CT molecular complexity index is 1560. The number of nitrogens with one attached hydrogen (secondary N) is 2. The molecule has 5 heterocycles. The van der Waals surface area contributed by atoms with E-state index in [1.54, 1.807) is 0 Å². The topological polar surface area (TPSA) is 92.4 Å². The Morgan fingerprint density at radius 3 is 2.44 bits per heavy atom. The van der Waals surface area contributed by atoms with Gasteiger partial charge in [-0.25, -0.2) is 0 Å². The van der Waals surface area contributed by atoms with Crippen LogP contribution in [0, 0.1) is 5.92 Å². The largest absolute Gasteiger partial charge is 0.490 e. The fraction of sp³-hybridized carbons (Fsp3) is 0.457. The van der Waals surface area contributed by atoms with Crippen LogP contribution < -0.4 is 10.1 Å². The molecule has 0 radical (unpaired) electrons. The highest BCUT2D eigenvalue weighted by molar-refractivity contribution is 6.01. The molecule has 222 valence electrons. The minimum absolute atomic E-state index is 0.0785. The Morgan fingerprint density at radius 2 is 1.74 bits per heavy atom. The van der Waals surface area contributed by atoms with E-state index in [2.05, 4.69) is 49.7 Å². The molecule has 0 spiro atoms. The molecule has 1 aliphatic carbocycles. The van der Waals surface area contributed by atoms with Crippen LogP contribution in [0.4, 0.5) is 0 Å². The summed E-state index contributed by atoms with van der Waals surface area (Å²) < 4.78 is 12.0. The zero-order valence-corrected chi connectivity index (χ0v) is 24.5. The summed E-state index contributed by atoms with van der Waals surface area (Å²) in [5.74, 6) is 1.24. The number of benzene rings is 2. The number of aromatic nitrogens is 3. The van der Waals surface area contributed by atoms with Gasteiger partial charge >= 0.3 is 0 Å². The summed E-state index contributed by atoms with van der Waals surface area (Å²) >= 11 is 0. The Balaban J connectivity index is 0.974. The van der Waals surface area contributed by atoms with Crippen molar-refractivity contribution in [2.75, 3.05) is 13.2 Å². The smallest absolute Gasteiger partial charge is 0.251 e. The Kier molecular flexibility index (Phi) is 7.11. The molecule has 1 amide bonds. The summed E-state index contributed by atoms with van der Waals surface area (Å²) in [6.07, 6.45) is 11.4. The molecular formula is C35H39N5O3. The highest BCUT2D eigenvalue weighted by Crippen LogP contribution is 2.40. The van der Waals surface area contributed by atoms with Crippen molar-refractivity contribution in [3.8, 4) is 17.0 Å². The zero-order chi connectivity index (χ0) is 28.8. The van der Waals surface area contributed by atoms with E-state index in [1.807, 2.05) is 42.6 Å². The Hall–Kier alpha value is -3.75. The van der Waals surface area contributed by atoms with Gasteiger partial charge in [-0.05, 0) is 99.0 Å². The lowest BCUT2D eigenvalue weighted by molar-refractivity contribution is -0.102. The zero-order valence-electron chi connectivity index (χ0n) is 24.5. The van der Waals surface area contributed by atoms with Gasteiger partial charge in [-0.15, -0.1) is 0 Å². The van der Waals surface area contributed by atoms with Gasteiger partial charge in [-0.2, -0.15) is 5.10 Å². The van der Waals surface area contributed by atoms with Crippen LogP contribution in [-0.4, -0.2) is 63.4 Å². The predicted molar refractivity (Wildman–Crippen MR) is 165 cm³/mol. The molecular weight excluding hydrogens is 538 g/mol. The van der Waals surface area contributed by atoms with Crippen molar-refractivity contribution in [1.82, 2.24) is 25.4 Å². The van der Waals surface area contributed by atoms with Gasteiger partial charge in [0.15, 0.2) is 0 Å². The minimum Gasteiger partial charge on any atom is -0.490 e. The number of aromatic amines is 1. The van der Waals surface area contributed by atoms with Crippen molar-refractivity contribution in [1.29, 1.82) is 0 Å². The summed E-state index contributed by atoms with van der Waals surface area (Å²) in [6.45, 7) is 1.78. The third-order valence-electron chi connectivity index (χ3n) is 10.2. The molecule has 3 saturated heterocycles. The average molecular weight is 578 g/mol. The van der Waals surface area contributed by atoms with Crippen molar-refractivity contribution >= 4 is 16.8 Å². The molecule has 1 unspecified atom stereocenters. The van der Waals surface area contributed by atoms with E-state index in [0.29, 0.717) is 29.6 Å². The number of carbonyl (C=O) groups excluding carboxylic acids is 1. The number of ether oxygens (including phenoxy) is 2. The van der Waals surface area contributed by atoms with E-state index >= 15 is 0 Å². The molecule has 4 aliphatic rings. The first-order valence-electron chi connectivity index (χ1n) is 16.0. The van der Waals surface area contributed by atoms with E-state index < -0.39 is 0 Å². The Labute approximate surface area is 252 Å². The SMILES string of the molecule is O=C(N[C@H](c1ccccn1)C1CCCC1)c1ccc2[nH]nc(-c3ccc(OC4C[C@H]5CC[C@@H](C4)N5C4COC4)cc3)c2c1. The first kappa shape index (κ1) is 26.8. The fourth-order valence-electron chi connectivity index (χ4n) is 8.02. The molecule has 8 rings (SSSR count). The van der Waals surface area contributed by atoms with Gasteiger partial charge in [-0.3, -0.25) is 19.8 Å². The summed E-state index contributed by atoms with van der Waals surface area (Å²) in [5, 5.41) is 12.0. The summed E-state index contributed by atoms with van der Waals surface area (Å²) in [4.78, 5) is 20.9. The van der Waals surface area contributed by atoms with E-state index in [1.165, 1.54) is 25.7 Å². The van der Waals surface area contributed by atoms with Crippen LogP contribution in [0.2, 0.25) is 0 Å². The quantitative estimate of drug-likeness (QED) is 0.265. The molecule has 8 heteroatoms. The van der Waals surface area contributed by atoms with E-state index in [9.17, 15) is 4.79 Å². The third kappa shape index (κ3) is 5.21. The number of amides is 1. The predicted octanol–water partition coefficient (Wildman–Crippen LogP) is 6.06. The molecule has 4 atom stereocenters. The maximum absolute atomic E-state index is 13.6. The van der Waals surface area contributed by atoms with E-state index in [0.717, 1.165) is 72.5 Å². The van der Waals surface area contributed by atoms with Crippen molar-refractivity contribution in [2.45, 2.75) is 81.6 Å². The van der Waals surface area contributed by atoms with Crippen molar-refractivity contribution < 1.29 is 14.3 Å². The number of H-pyrrole nitrogens is 1. The van der Waals surface area contributed by atoms with Crippen LogP contribution in [0.1, 0.15) is 73.5 Å². The van der Waals surface area contributed by atoms with Crippen molar-refractivity contribution in [2.24, 2.45) is 5.92 Å². The lowest BCUT2D eigenvalue weighted by atomic mass is 9.94. The number of hydrogen-bond acceptors (Lipinski definition) is 6. The van der Waals surface area contributed by atoms with Gasteiger partial charge in [0, 0.05) is 34.8 Å². The molecule has 2 bridgehead atoms. The van der Waals surface area contributed by atoms with Crippen LogP contribution in [0.3, 0.4) is 0 Å². The maximum Gasteiger partial charge on any atom is 0.251 e. The van der Waals surface area contributed by atoms with Gasteiger partial charge in [-0.1, -0.05) is 18.9 Å². The summed E-state index contributed by atoms with van der Waals surface area (Å²) in [7, 11) is 0. The molecule has 1 saturated carbocycles. The lowest BCUT2D eigenvalue weighted by Gasteiger charge is -2.46. The van der Waals surface area contributed by atoms with Crippen LogP contribution in [0.5, 0.6) is 5.75 Å². The normalized spacial score (nSPS) is 25.1. The van der Waals surface area contributed by atoms with Gasteiger partial charge in [0.1, 0.15) is 11.9 Å². The van der Waals surface area contributed by atoms with Crippen molar-refractivity contribution in [3.63, 3.8) is 0 Å². The lowest BCUT2D eigenvalue weighted by Crippen LogP contribution is -2.57. The van der Waals surface area contributed by atoms with Gasteiger partial charge < -0.3 is 14.8 Å². The highest BCUT2D eigenvalue weighted by atomic mass is 16.5. The Morgan fingerprint density at radius 1 is 0.953 bits per heavy atom. The second-order valence-electron chi connectivity index (χ2n) is 12.8. The standard InChI is InChI=1S/C35H39N5O3/c41-35(37-34(22-5-1-2-6-22)32-7-3-4-16-36-32)24-10-15-31-30(17-24)33(39-38-31)23-8-13-28(14-9-23)43-29-18-25-11-12-26(19-29)40(25)27-20-42-21-27/h3-4,7-10,13-17,22,25-27,29,34H,1-2,5-6,11-12,18-21H2,(H,37,41)(H,38,39)/t25-,26+,29?,34-/m0/s1. The summed E-state index contributed by atoms with van der Waals surface area (Å²) in [6, 6.07) is 21.7. The first-order chi connectivity index (χ1) is 21.2. The molecule has 43 heavy (non-hydrogen) atoms. The first-order valence-corrected chi connectivity index (χ1v) is 16.0. The number of pyridine rings is 1. The second-order valence-corrected chi connectivity index (χ2v) is 12.8. The van der Waals surface area contributed by atoms with E-state index in [4.69, 9.17) is 9.47 Å². The maximum atomic E-state index is 13.6. The molecule has 8 nitrogen and oxygen atoms in total. The molecule has 3 aliphatic heterocycles. The highest BCUT2D eigenvalue weighted by Gasteiger charge is 2.46. The number of rotatable bonds is 8. The number of carbonyl (C=O) groups is 1.